The fourth-order valence-electron chi connectivity index (χ4n) is 1.15. The average Bonchev–Trinajstić information content (AvgIpc) is 1.81. The third-order valence-electron chi connectivity index (χ3n) is 1.59. The van der Waals surface area contributed by atoms with Crippen LogP contribution < -0.4 is 5.32 Å². The van der Waals surface area contributed by atoms with E-state index >= 15 is 0 Å². The van der Waals surface area contributed by atoms with Gasteiger partial charge in [0.15, 0.2) is 0 Å². The van der Waals surface area contributed by atoms with Crippen LogP contribution in [0.5, 0.6) is 0 Å². The lowest BCUT2D eigenvalue weighted by molar-refractivity contribution is 0.477. The third kappa shape index (κ3) is 6.44. The average molecular weight is 181 g/mol. The minimum Gasteiger partial charge on any atom is -0.381 e. The van der Waals surface area contributed by atoms with E-state index in [4.69, 9.17) is 0 Å². The van der Waals surface area contributed by atoms with Crippen LogP contribution in [0, 0.1) is 5.92 Å². The molecule has 13 heavy (non-hydrogen) atoms. The van der Waals surface area contributed by atoms with E-state index in [1.165, 1.54) is 5.57 Å². The van der Waals surface area contributed by atoms with Crippen molar-refractivity contribution >= 4 is 0 Å². The second kappa shape index (κ2) is 4.50. The van der Waals surface area contributed by atoms with E-state index in [1.807, 2.05) is 0 Å². The first kappa shape index (κ1) is 12.3. The van der Waals surface area contributed by atoms with Crippen molar-refractivity contribution in [3.05, 3.63) is 23.9 Å². The van der Waals surface area contributed by atoms with Crippen LogP contribution in [0.2, 0.25) is 0 Å². The molecule has 0 aliphatic carbocycles. The molecule has 0 rings (SSSR count). The van der Waals surface area contributed by atoms with Gasteiger partial charge in [0.05, 0.1) is 0 Å². The lowest BCUT2D eigenvalue weighted by Crippen LogP contribution is -2.35. The van der Waals surface area contributed by atoms with Crippen LogP contribution in [0.3, 0.4) is 0 Å². The van der Waals surface area contributed by atoms with Gasteiger partial charge in [0, 0.05) is 11.2 Å². The summed E-state index contributed by atoms with van der Waals surface area (Å²) in [6, 6.07) is 0. The Balaban J connectivity index is 4.29. The lowest BCUT2D eigenvalue weighted by Gasteiger charge is -2.24. The van der Waals surface area contributed by atoms with Gasteiger partial charge < -0.3 is 5.32 Å². The van der Waals surface area contributed by atoms with Gasteiger partial charge in [-0.3, -0.25) is 0 Å². The monoisotopic (exact) mass is 181 g/mol. The Labute approximate surface area is 82.9 Å². The highest BCUT2D eigenvalue weighted by atomic mass is 15.0. The molecule has 1 N–H and O–H groups in total. The van der Waals surface area contributed by atoms with Crippen LogP contribution in [-0.4, -0.2) is 5.54 Å². The van der Waals surface area contributed by atoms with Gasteiger partial charge in [0.25, 0.3) is 0 Å². The minimum atomic E-state index is 0.100. The molecule has 0 aromatic carbocycles. The molecule has 1 heteroatoms. The molecule has 0 amide bonds. The van der Waals surface area contributed by atoms with Crippen LogP contribution in [0.1, 0.15) is 41.5 Å². The summed E-state index contributed by atoms with van der Waals surface area (Å²) in [7, 11) is 0. The summed E-state index contributed by atoms with van der Waals surface area (Å²) in [6.07, 6.45) is 2.22. The summed E-state index contributed by atoms with van der Waals surface area (Å²) in [6.45, 7) is 16.9. The number of rotatable bonds is 3. The van der Waals surface area contributed by atoms with Crippen molar-refractivity contribution in [3.8, 4) is 0 Å². The maximum Gasteiger partial charge on any atom is 0.0297 e. The van der Waals surface area contributed by atoms with Gasteiger partial charge in [0.1, 0.15) is 0 Å². The van der Waals surface area contributed by atoms with Crippen LogP contribution in [-0.2, 0) is 0 Å². The van der Waals surface area contributed by atoms with E-state index in [1.54, 1.807) is 0 Å². The molecule has 0 spiro atoms. The molecule has 0 atom stereocenters. The number of nitrogens with one attached hydrogen (secondary N) is 1. The first-order valence-corrected chi connectivity index (χ1v) is 4.88. The van der Waals surface area contributed by atoms with Crippen LogP contribution in [0.15, 0.2) is 23.9 Å². The molecule has 1 nitrogen and oxygen atoms in total. The molecule has 76 valence electrons. The molecule has 0 aromatic rings. The summed E-state index contributed by atoms with van der Waals surface area (Å²) in [5, 5.41) is 3.36. The Kier molecular flexibility index (Phi) is 4.25. The van der Waals surface area contributed by atoms with Gasteiger partial charge in [-0.05, 0) is 39.2 Å². The Bertz CT molecular complexity index is 204. The van der Waals surface area contributed by atoms with E-state index < -0.39 is 0 Å². The zero-order chi connectivity index (χ0) is 10.6. The molecule has 0 radical (unpaired) electrons. The second-order valence-corrected chi connectivity index (χ2v) is 4.95. The molecule has 0 aromatic heterocycles. The van der Waals surface area contributed by atoms with E-state index in [0.717, 1.165) is 5.70 Å². The Morgan fingerprint density at radius 1 is 1.31 bits per heavy atom. The van der Waals surface area contributed by atoms with E-state index in [0.29, 0.717) is 5.92 Å². The summed E-state index contributed by atoms with van der Waals surface area (Å²) < 4.78 is 0. The van der Waals surface area contributed by atoms with Crippen molar-refractivity contribution in [2.45, 2.75) is 47.1 Å². The quantitative estimate of drug-likeness (QED) is 0.657. The molecule has 0 aliphatic heterocycles. The van der Waals surface area contributed by atoms with Crippen molar-refractivity contribution in [1.82, 2.24) is 5.32 Å². The molecule has 0 fully saturated rings. The molecule has 0 heterocycles. The zero-order valence-corrected chi connectivity index (χ0v) is 9.86. The van der Waals surface area contributed by atoms with E-state index in [9.17, 15) is 0 Å². The standard InChI is InChI=1S/C12H23N/c1-9(2)8-10(3)11(4)13-12(5,6)7/h8-9,13H,4H2,1-3,5-7H3/b10-8+. The highest BCUT2D eigenvalue weighted by Crippen LogP contribution is 2.11. The van der Waals surface area contributed by atoms with Crippen molar-refractivity contribution < 1.29 is 0 Å². The van der Waals surface area contributed by atoms with Crippen LogP contribution >= 0.6 is 0 Å². The van der Waals surface area contributed by atoms with Crippen molar-refractivity contribution in [2.75, 3.05) is 0 Å². The summed E-state index contributed by atoms with van der Waals surface area (Å²) in [4.78, 5) is 0. The Morgan fingerprint density at radius 3 is 2.08 bits per heavy atom. The van der Waals surface area contributed by atoms with Crippen molar-refractivity contribution in [3.63, 3.8) is 0 Å². The largest absolute Gasteiger partial charge is 0.381 e. The van der Waals surface area contributed by atoms with Gasteiger partial charge in [-0.25, -0.2) is 0 Å². The van der Waals surface area contributed by atoms with Crippen LogP contribution in [0.25, 0.3) is 0 Å². The number of allylic oxidation sites excluding steroid dienone is 2. The van der Waals surface area contributed by atoms with Gasteiger partial charge in [0.2, 0.25) is 0 Å². The lowest BCUT2D eigenvalue weighted by atomic mass is 10.0. The number of hydrogen-bond donors (Lipinski definition) is 1. The van der Waals surface area contributed by atoms with E-state index in [-0.39, 0.29) is 5.54 Å². The normalized spacial score (nSPS) is 13.3. The SMILES string of the molecule is C=C(NC(C)(C)C)/C(C)=C/C(C)C. The van der Waals surface area contributed by atoms with E-state index in [2.05, 4.69) is 59.5 Å². The molecular formula is C12H23N. The summed E-state index contributed by atoms with van der Waals surface area (Å²) >= 11 is 0. The number of hydrogen-bond acceptors (Lipinski definition) is 1. The predicted octanol–water partition coefficient (Wildman–Crippen LogP) is 3.49. The fourth-order valence-corrected chi connectivity index (χ4v) is 1.15. The van der Waals surface area contributed by atoms with Gasteiger partial charge in [-0.1, -0.05) is 26.5 Å². The molecule has 0 unspecified atom stereocenters. The highest BCUT2D eigenvalue weighted by molar-refractivity contribution is 5.25. The highest BCUT2D eigenvalue weighted by Gasteiger charge is 2.10. The molecular weight excluding hydrogens is 158 g/mol. The first-order valence-electron chi connectivity index (χ1n) is 4.88. The topological polar surface area (TPSA) is 12.0 Å². The molecule has 0 saturated heterocycles. The molecule has 0 saturated carbocycles. The molecule has 0 aliphatic rings. The summed E-state index contributed by atoms with van der Waals surface area (Å²) in [5.74, 6) is 0.582. The first-order chi connectivity index (χ1) is 5.72. The van der Waals surface area contributed by atoms with Gasteiger partial charge >= 0.3 is 0 Å². The Morgan fingerprint density at radius 2 is 1.77 bits per heavy atom. The van der Waals surface area contributed by atoms with Crippen molar-refractivity contribution in [1.29, 1.82) is 0 Å². The smallest absolute Gasteiger partial charge is 0.0297 e. The zero-order valence-electron chi connectivity index (χ0n) is 9.86. The second-order valence-electron chi connectivity index (χ2n) is 4.95. The van der Waals surface area contributed by atoms with Gasteiger partial charge in [-0.15, -0.1) is 0 Å². The minimum absolute atomic E-state index is 0.100. The predicted molar refractivity (Wildman–Crippen MR) is 60.6 cm³/mol. The Hall–Kier alpha value is -0.720. The molecule has 0 bridgehead atoms. The van der Waals surface area contributed by atoms with Crippen LogP contribution in [0.4, 0.5) is 0 Å². The third-order valence-corrected chi connectivity index (χ3v) is 1.59. The van der Waals surface area contributed by atoms with Gasteiger partial charge in [-0.2, -0.15) is 0 Å². The maximum absolute atomic E-state index is 4.01. The van der Waals surface area contributed by atoms with Crippen molar-refractivity contribution in [2.24, 2.45) is 5.92 Å². The summed E-state index contributed by atoms with van der Waals surface area (Å²) in [5.41, 5.74) is 2.37. The fraction of sp³-hybridized carbons (Fsp3) is 0.667. The maximum atomic E-state index is 4.01.